The summed E-state index contributed by atoms with van der Waals surface area (Å²) in [5.74, 6) is 1.80. The number of nitrogens with two attached hydrogens (primary N) is 1. The summed E-state index contributed by atoms with van der Waals surface area (Å²) in [6, 6.07) is 12.0. The van der Waals surface area contributed by atoms with Gasteiger partial charge in [-0.15, -0.1) is 0 Å². The van der Waals surface area contributed by atoms with Gasteiger partial charge in [0.05, 0.1) is 17.3 Å². The van der Waals surface area contributed by atoms with Gasteiger partial charge in [-0.2, -0.15) is 5.10 Å². The Kier molecular flexibility index (Phi) is 3.32. The molecule has 4 heteroatoms. The Morgan fingerprint density at radius 3 is 2.80 bits per heavy atom. The predicted molar refractivity (Wildman–Crippen MR) is 79.4 cm³/mol. The summed E-state index contributed by atoms with van der Waals surface area (Å²) in [4.78, 5) is 0. The van der Waals surface area contributed by atoms with Crippen molar-refractivity contribution < 1.29 is 4.42 Å². The normalized spacial score (nSPS) is 12.9. The lowest BCUT2D eigenvalue weighted by Crippen LogP contribution is -2.13. The van der Waals surface area contributed by atoms with E-state index in [1.165, 1.54) is 0 Å². The van der Waals surface area contributed by atoms with Crippen molar-refractivity contribution in [2.75, 3.05) is 0 Å². The van der Waals surface area contributed by atoms with E-state index >= 15 is 0 Å². The van der Waals surface area contributed by atoms with E-state index < -0.39 is 0 Å². The Morgan fingerprint density at radius 2 is 2.05 bits per heavy atom. The third-order valence-electron chi connectivity index (χ3n) is 3.64. The summed E-state index contributed by atoms with van der Waals surface area (Å²) >= 11 is 0. The van der Waals surface area contributed by atoms with E-state index in [2.05, 4.69) is 24.2 Å². The second-order valence-electron chi connectivity index (χ2n) is 5.06. The molecule has 20 heavy (non-hydrogen) atoms. The minimum Gasteiger partial charge on any atom is -0.464 e. The lowest BCUT2D eigenvalue weighted by atomic mass is 10.1. The minimum absolute atomic E-state index is 0.159. The number of hydrogen-bond acceptors (Lipinski definition) is 3. The van der Waals surface area contributed by atoms with Gasteiger partial charge in [-0.05, 0) is 18.2 Å². The Labute approximate surface area is 118 Å². The highest BCUT2D eigenvalue weighted by molar-refractivity contribution is 5.81. The van der Waals surface area contributed by atoms with Crippen LogP contribution in [0.3, 0.4) is 0 Å². The van der Waals surface area contributed by atoms with Crippen LogP contribution in [0.2, 0.25) is 0 Å². The van der Waals surface area contributed by atoms with Gasteiger partial charge in [0.15, 0.2) is 0 Å². The number of benzene rings is 1. The van der Waals surface area contributed by atoms with Crippen molar-refractivity contribution in [3.63, 3.8) is 0 Å². The number of para-hydroxylation sites is 1. The van der Waals surface area contributed by atoms with Crippen molar-refractivity contribution in [2.45, 2.75) is 25.8 Å². The average Bonchev–Trinajstić information content (AvgIpc) is 3.05. The van der Waals surface area contributed by atoms with Crippen LogP contribution in [-0.2, 0) is 19.9 Å². The maximum atomic E-state index is 6.25. The van der Waals surface area contributed by atoms with Crippen molar-refractivity contribution in [3.8, 4) is 0 Å². The van der Waals surface area contributed by atoms with Gasteiger partial charge < -0.3 is 10.2 Å². The second-order valence-corrected chi connectivity index (χ2v) is 5.06. The van der Waals surface area contributed by atoms with Gasteiger partial charge in [0, 0.05) is 25.3 Å². The first-order valence-electron chi connectivity index (χ1n) is 6.94. The summed E-state index contributed by atoms with van der Waals surface area (Å²) in [6.07, 6.45) is 1.57. The number of hydrogen-bond donors (Lipinski definition) is 1. The van der Waals surface area contributed by atoms with Crippen molar-refractivity contribution in [3.05, 3.63) is 53.6 Å². The lowest BCUT2D eigenvalue weighted by molar-refractivity contribution is 0.433. The van der Waals surface area contributed by atoms with Gasteiger partial charge in [-0.3, -0.25) is 4.68 Å². The predicted octanol–water partition coefficient (Wildman–Crippen LogP) is 2.97. The van der Waals surface area contributed by atoms with E-state index in [0.717, 1.165) is 34.5 Å². The zero-order valence-electron chi connectivity index (χ0n) is 11.8. The molecule has 2 N–H and O–H groups in total. The van der Waals surface area contributed by atoms with Crippen LogP contribution >= 0.6 is 0 Å². The summed E-state index contributed by atoms with van der Waals surface area (Å²) in [6.45, 7) is 2.07. The minimum atomic E-state index is -0.159. The topological polar surface area (TPSA) is 57.0 Å². The molecule has 0 saturated heterocycles. The summed E-state index contributed by atoms with van der Waals surface area (Å²) in [5, 5.41) is 5.74. The third-order valence-corrected chi connectivity index (χ3v) is 3.64. The molecule has 0 bridgehead atoms. The molecule has 4 nitrogen and oxygen atoms in total. The summed E-state index contributed by atoms with van der Waals surface area (Å²) < 4.78 is 7.63. The van der Waals surface area contributed by atoms with Crippen LogP contribution in [0.5, 0.6) is 0 Å². The van der Waals surface area contributed by atoms with Crippen LogP contribution in [0.15, 0.2) is 40.8 Å². The molecule has 1 aromatic carbocycles. The maximum absolute atomic E-state index is 6.25. The fourth-order valence-electron chi connectivity index (χ4n) is 2.53. The number of furan rings is 1. The Balaban J connectivity index is 1.89. The van der Waals surface area contributed by atoms with Crippen LogP contribution in [0.25, 0.3) is 10.9 Å². The van der Waals surface area contributed by atoms with E-state index in [0.29, 0.717) is 6.42 Å². The molecule has 1 unspecified atom stereocenters. The highest BCUT2D eigenvalue weighted by atomic mass is 16.3. The van der Waals surface area contributed by atoms with E-state index in [1.807, 2.05) is 36.0 Å². The van der Waals surface area contributed by atoms with Crippen LogP contribution in [0.1, 0.15) is 30.2 Å². The second kappa shape index (κ2) is 5.13. The lowest BCUT2D eigenvalue weighted by Gasteiger charge is -2.07. The molecule has 0 aliphatic rings. The number of aromatic nitrogens is 2. The number of rotatable bonds is 4. The van der Waals surface area contributed by atoms with Crippen molar-refractivity contribution in [1.82, 2.24) is 9.78 Å². The highest BCUT2D eigenvalue weighted by Crippen LogP contribution is 2.23. The van der Waals surface area contributed by atoms with E-state index in [-0.39, 0.29) is 6.04 Å². The molecule has 2 aromatic heterocycles. The fraction of sp³-hybridized carbons (Fsp3) is 0.312. The van der Waals surface area contributed by atoms with Crippen LogP contribution in [0, 0.1) is 0 Å². The Hall–Kier alpha value is -2.07. The van der Waals surface area contributed by atoms with E-state index in [9.17, 15) is 0 Å². The highest BCUT2D eigenvalue weighted by Gasteiger charge is 2.16. The van der Waals surface area contributed by atoms with Crippen molar-refractivity contribution in [1.29, 1.82) is 0 Å². The number of fused-ring (bicyclic) bond motifs is 1. The molecular formula is C16H19N3O. The molecule has 0 aliphatic heterocycles. The molecule has 0 amide bonds. The van der Waals surface area contributed by atoms with Gasteiger partial charge in [0.25, 0.3) is 0 Å². The molecule has 0 spiro atoms. The third kappa shape index (κ3) is 2.23. The van der Waals surface area contributed by atoms with E-state index in [4.69, 9.17) is 10.2 Å². The maximum Gasteiger partial charge on any atom is 0.121 e. The molecular weight excluding hydrogens is 250 g/mol. The molecule has 104 valence electrons. The molecule has 0 saturated carbocycles. The molecule has 0 radical (unpaired) electrons. The molecule has 3 aromatic rings. The van der Waals surface area contributed by atoms with Crippen LogP contribution < -0.4 is 5.73 Å². The van der Waals surface area contributed by atoms with Gasteiger partial charge in [-0.1, -0.05) is 25.1 Å². The molecule has 0 aliphatic carbocycles. The molecule has 2 heterocycles. The average molecular weight is 269 g/mol. The Morgan fingerprint density at radius 1 is 1.25 bits per heavy atom. The summed E-state index contributed by atoms with van der Waals surface area (Å²) in [5.41, 5.74) is 8.40. The largest absolute Gasteiger partial charge is 0.464 e. The molecule has 3 rings (SSSR count). The molecule has 0 fully saturated rings. The van der Waals surface area contributed by atoms with Crippen molar-refractivity contribution in [2.24, 2.45) is 12.8 Å². The smallest absolute Gasteiger partial charge is 0.121 e. The monoisotopic (exact) mass is 269 g/mol. The SMILES string of the molecule is CCc1ccc(C(N)Cc2nn(C)c3ccccc23)o1. The van der Waals surface area contributed by atoms with Gasteiger partial charge in [-0.25, -0.2) is 0 Å². The van der Waals surface area contributed by atoms with E-state index in [1.54, 1.807) is 0 Å². The number of aryl methyl sites for hydroxylation is 2. The fourth-order valence-corrected chi connectivity index (χ4v) is 2.53. The first-order chi connectivity index (χ1) is 9.69. The summed E-state index contributed by atoms with van der Waals surface area (Å²) in [7, 11) is 1.96. The first-order valence-corrected chi connectivity index (χ1v) is 6.94. The van der Waals surface area contributed by atoms with Gasteiger partial charge in [0.2, 0.25) is 0 Å². The number of nitrogens with zero attached hydrogens (tertiary/aromatic N) is 2. The molecule has 1 atom stereocenters. The van der Waals surface area contributed by atoms with Crippen LogP contribution in [0.4, 0.5) is 0 Å². The first kappa shape index (κ1) is 12.9. The zero-order valence-corrected chi connectivity index (χ0v) is 11.8. The van der Waals surface area contributed by atoms with Gasteiger partial charge >= 0.3 is 0 Å². The standard InChI is InChI=1S/C16H19N3O/c1-3-11-8-9-16(20-11)13(17)10-14-12-6-4-5-7-15(12)19(2)18-14/h4-9,13H,3,10,17H2,1-2H3. The Bertz CT molecular complexity index is 726. The zero-order chi connectivity index (χ0) is 14.1. The van der Waals surface area contributed by atoms with Crippen molar-refractivity contribution >= 4 is 10.9 Å². The quantitative estimate of drug-likeness (QED) is 0.792. The van der Waals surface area contributed by atoms with Gasteiger partial charge in [0.1, 0.15) is 11.5 Å². The van der Waals surface area contributed by atoms with Crippen LogP contribution in [-0.4, -0.2) is 9.78 Å².